The molecule has 0 aliphatic carbocycles. The first-order valence-electron chi connectivity index (χ1n) is 7.42. The normalized spacial score (nSPS) is 15.0. The molecule has 0 unspecified atom stereocenters. The number of amides is 2. The summed E-state index contributed by atoms with van der Waals surface area (Å²) in [6.07, 6.45) is 1.31. The van der Waals surface area contributed by atoms with Crippen molar-refractivity contribution in [3.63, 3.8) is 0 Å². The summed E-state index contributed by atoms with van der Waals surface area (Å²) in [6.45, 7) is 2.04. The van der Waals surface area contributed by atoms with Crippen LogP contribution in [-0.4, -0.2) is 16.9 Å². The highest BCUT2D eigenvalue weighted by atomic mass is 16.7. The van der Waals surface area contributed by atoms with Crippen LogP contribution in [0.3, 0.4) is 0 Å². The van der Waals surface area contributed by atoms with E-state index >= 15 is 0 Å². The first kappa shape index (κ1) is 14.5. The molecule has 1 aliphatic rings. The van der Waals surface area contributed by atoms with Gasteiger partial charge < -0.3 is 0 Å². The number of hydroxylamine groups is 2. The Hall–Kier alpha value is -2.46. The molecule has 2 aromatic carbocycles. The number of rotatable bonds is 5. The van der Waals surface area contributed by atoms with Crippen LogP contribution in [0.5, 0.6) is 0 Å². The minimum atomic E-state index is -0.391. The molecule has 112 valence electrons. The van der Waals surface area contributed by atoms with E-state index in [9.17, 15) is 9.59 Å². The number of nitrogens with zero attached hydrogens (tertiary/aromatic N) is 1. The summed E-state index contributed by atoms with van der Waals surface area (Å²) in [7, 11) is 0. The second-order valence-corrected chi connectivity index (χ2v) is 5.24. The Balaban J connectivity index is 1.86. The van der Waals surface area contributed by atoms with E-state index in [1.54, 1.807) is 24.3 Å². The van der Waals surface area contributed by atoms with Crippen LogP contribution in [0.4, 0.5) is 0 Å². The van der Waals surface area contributed by atoms with Gasteiger partial charge in [0.15, 0.2) is 0 Å². The Morgan fingerprint density at radius 3 is 2.00 bits per heavy atom. The lowest BCUT2D eigenvalue weighted by molar-refractivity contribution is -0.136. The molecule has 1 heterocycles. The molecule has 0 saturated carbocycles. The van der Waals surface area contributed by atoms with E-state index in [1.165, 1.54) is 0 Å². The minimum absolute atomic E-state index is 0.312. The fourth-order valence-electron chi connectivity index (χ4n) is 2.60. The third-order valence-corrected chi connectivity index (χ3v) is 3.71. The molecular formula is C18H17NO3. The zero-order valence-corrected chi connectivity index (χ0v) is 12.4. The molecule has 22 heavy (non-hydrogen) atoms. The molecule has 1 atom stereocenters. The maximum absolute atomic E-state index is 12.4. The van der Waals surface area contributed by atoms with Crippen LogP contribution < -0.4 is 0 Å². The summed E-state index contributed by atoms with van der Waals surface area (Å²) in [5, 5.41) is 0.901. The second-order valence-electron chi connectivity index (χ2n) is 5.24. The van der Waals surface area contributed by atoms with Gasteiger partial charge in [0.1, 0.15) is 6.10 Å². The van der Waals surface area contributed by atoms with Gasteiger partial charge in [-0.05, 0) is 24.1 Å². The molecule has 0 aromatic heterocycles. The topological polar surface area (TPSA) is 46.6 Å². The highest BCUT2D eigenvalue weighted by Crippen LogP contribution is 2.29. The molecule has 3 rings (SSSR count). The second kappa shape index (κ2) is 6.12. The third kappa shape index (κ3) is 2.53. The zero-order valence-electron chi connectivity index (χ0n) is 12.4. The van der Waals surface area contributed by atoms with Gasteiger partial charge in [0.25, 0.3) is 11.8 Å². The molecule has 0 radical (unpaired) electrons. The average molecular weight is 295 g/mol. The summed E-state index contributed by atoms with van der Waals surface area (Å²) in [5.41, 5.74) is 1.76. The van der Waals surface area contributed by atoms with Gasteiger partial charge in [0, 0.05) is 0 Å². The Labute approximate surface area is 129 Å². The summed E-state index contributed by atoms with van der Waals surface area (Å²) >= 11 is 0. The number of fused-ring (bicyclic) bond motifs is 1. The van der Waals surface area contributed by atoms with E-state index in [1.807, 2.05) is 37.3 Å². The van der Waals surface area contributed by atoms with Crippen LogP contribution in [-0.2, 0) is 4.84 Å². The first-order valence-corrected chi connectivity index (χ1v) is 7.42. The number of imide groups is 1. The van der Waals surface area contributed by atoms with Gasteiger partial charge in [-0.2, -0.15) is 0 Å². The highest BCUT2D eigenvalue weighted by molar-refractivity contribution is 6.20. The SMILES string of the molecule is CCC[C@H](ON1C(=O)c2ccccc2C1=O)c1ccccc1. The molecule has 4 nitrogen and oxygen atoms in total. The largest absolute Gasteiger partial charge is 0.285 e. The van der Waals surface area contributed by atoms with Crippen LogP contribution in [0, 0.1) is 0 Å². The Morgan fingerprint density at radius 2 is 1.45 bits per heavy atom. The predicted molar refractivity (Wildman–Crippen MR) is 82.1 cm³/mol. The van der Waals surface area contributed by atoms with Crippen LogP contribution in [0.2, 0.25) is 0 Å². The number of benzene rings is 2. The Morgan fingerprint density at radius 1 is 0.909 bits per heavy atom. The fraction of sp³-hybridized carbons (Fsp3) is 0.222. The summed E-state index contributed by atoms with van der Waals surface area (Å²) in [4.78, 5) is 30.5. The predicted octanol–water partition coefficient (Wildman–Crippen LogP) is 3.76. The van der Waals surface area contributed by atoms with E-state index < -0.39 is 11.8 Å². The van der Waals surface area contributed by atoms with Crippen molar-refractivity contribution in [2.45, 2.75) is 25.9 Å². The van der Waals surface area contributed by atoms with E-state index in [2.05, 4.69) is 0 Å². The number of carbonyl (C=O) groups excluding carboxylic acids is 2. The van der Waals surface area contributed by atoms with Crippen molar-refractivity contribution in [1.29, 1.82) is 0 Å². The summed E-state index contributed by atoms with van der Waals surface area (Å²) in [5.74, 6) is -0.782. The Kier molecular flexibility index (Phi) is 4.02. The molecule has 0 fully saturated rings. The quantitative estimate of drug-likeness (QED) is 0.789. The number of carbonyl (C=O) groups is 2. The van der Waals surface area contributed by atoms with Crippen molar-refractivity contribution < 1.29 is 14.4 Å². The van der Waals surface area contributed by atoms with Gasteiger partial charge in [-0.3, -0.25) is 14.4 Å². The van der Waals surface area contributed by atoms with Crippen molar-refractivity contribution in [3.8, 4) is 0 Å². The van der Waals surface area contributed by atoms with Crippen LogP contribution in [0.15, 0.2) is 54.6 Å². The van der Waals surface area contributed by atoms with Crippen molar-refractivity contribution in [2.24, 2.45) is 0 Å². The fourth-order valence-corrected chi connectivity index (χ4v) is 2.60. The maximum Gasteiger partial charge on any atom is 0.285 e. The van der Waals surface area contributed by atoms with Crippen molar-refractivity contribution in [2.75, 3.05) is 0 Å². The third-order valence-electron chi connectivity index (χ3n) is 3.71. The molecule has 0 saturated heterocycles. The van der Waals surface area contributed by atoms with Crippen LogP contribution in [0.1, 0.15) is 52.1 Å². The molecule has 1 aliphatic heterocycles. The van der Waals surface area contributed by atoms with Gasteiger partial charge in [0.05, 0.1) is 11.1 Å². The molecule has 0 spiro atoms. The highest BCUT2D eigenvalue weighted by Gasteiger charge is 2.38. The van der Waals surface area contributed by atoms with Crippen molar-refractivity contribution in [3.05, 3.63) is 71.3 Å². The van der Waals surface area contributed by atoms with Gasteiger partial charge in [-0.1, -0.05) is 55.8 Å². The minimum Gasteiger partial charge on any atom is -0.266 e. The maximum atomic E-state index is 12.4. The van der Waals surface area contributed by atoms with Gasteiger partial charge in [-0.25, -0.2) is 0 Å². The lowest BCUT2D eigenvalue weighted by Crippen LogP contribution is -2.31. The molecular weight excluding hydrogens is 278 g/mol. The summed E-state index contributed by atoms with van der Waals surface area (Å²) in [6, 6.07) is 16.4. The Bertz CT molecular complexity index is 661. The summed E-state index contributed by atoms with van der Waals surface area (Å²) < 4.78 is 0. The van der Waals surface area contributed by atoms with E-state index in [4.69, 9.17) is 4.84 Å². The average Bonchev–Trinajstić information content (AvgIpc) is 2.80. The van der Waals surface area contributed by atoms with Gasteiger partial charge in [0.2, 0.25) is 0 Å². The standard InChI is InChI=1S/C18H17NO3/c1-2-8-16(13-9-4-3-5-10-13)22-19-17(20)14-11-6-7-12-15(14)18(19)21/h3-7,9-12,16H,2,8H2,1H3/t16-/m0/s1. The first-order chi connectivity index (χ1) is 10.7. The van der Waals surface area contributed by atoms with Crippen molar-refractivity contribution in [1.82, 2.24) is 5.06 Å². The van der Waals surface area contributed by atoms with E-state index in [0.29, 0.717) is 11.1 Å². The lowest BCUT2D eigenvalue weighted by atomic mass is 10.1. The van der Waals surface area contributed by atoms with E-state index in [0.717, 1.165) is 23.5 Å². The molecule has 4 heteroatoms. The van der Waals surface area contributed by atoms with Crippen LogP contribution >= 0.6 is 0 Å². The monoisotopic (exact) mass is 295 g/mol. The molecule has 2 amide bonds. The van der Waals surface area contributed by atoms with Crippen LogP contribution in [0.25, 0.3) is 0 Å². The van der Waals surface area contributed by atoms with Gasteiger partial charge >= 0.3 is 0 Å². The molecule has 0 bridgehead atoms. The number of hydrogen-bond donors (Lipinski definition) is 0. The lowest BCUT2D eigenvalue weighted by Gasteiger charge is -2.22. The molecule has 2 aromatic rings. The zero-order chi connectivity index (χ0) is 15.5. The number of hydrogen-bond acceptors (Lipinski definition) is 3. The smallest absolute Gasteiger partial charge is 0.266 e. The van der Waals surface area contributed by atoms with E-state index in [-0.39, 0.29) is 6.10 Å². The van der Waals surface area contributed by atoms with Gasteiger partial charge in [-0.15, -0.1) is 5.06 Å². The van der Waals surface area contributed by atoms with Crippen molar-refractivity contribution >= 4 is 11.8 Å². The molecule has 0 N–H and O–H groups in total.